The number of rotatable bonds is 5. The maximum atomic E-state index is 12.3. The summed E-state index contributed by atoms with van der Waals surface area (Å²) in [5, 5.41) is 12.2. The number of aliphatic carboxylic acids is 1. The number of amides is 2. The highest BCUT2D eigenvalue weighted by atomic mass is 16.4. The van der Waals surface area contributed by atoms with E-state index in [0.717, 1.165) is 31.2 Å². The molecule has 2 N–H and O–H groups in total. The van der Waals surface area contributed by atoms with E-state index < -0.39 is 12.0 Å². The minimum atomic E-state index is -0.874. The van der Waals surface area contributed by atoms with Gasteiger partial charge in [-0.25, -0.2) is 9.59 Å². The lowest BCUT2D eigenvalue weighted by molar-refractivity contribution is -0.143. The Morgan fingerprint density at radius 3 is 2.30 bits per heavy atom. The lowest BCUT2D eigenvalue weighted by Crippen LogP contribution is -2.52. The number of urea groups is 1. The van der Waals surface area contributed by atoms with Gasteiger partial charge in [-0.05, 0) is 62.7 Å². The second-order valence-corrected chi connectivity index (χ2v) is 6.57. The first-order chi connectivity index (χ1) is 9.66. The normalized spacial score (nSPS) is 26.6. The van der Waals surface area contributed by atoms with Crippen molar-refractivity contribution in [3.05, 3.63) is 0 Å². The molecule has 3 fully saturated rings. The highest BCUT2D eigenvalue weighted by Gasteiger charge is 2.41. The average Bonchev–Trinajstić information content (AvgIpc) is 3.31. The number of hydrogen-bond acceptors (Lipinski definition) is 2. The average molecular weight is 280 g/mol. The fourth-order valence-corrected chi connectivity index (χ4v) is 3.51. The summed E-state index contributed by atoms with van der Waals surface area (Å²) < 4.78 is 0. The molecule has 0 radical (unpaired) electrons. The molecule has 2 amide bonds. The van der Waals surface area contributed by atoms with Gasteiger partial charge in [-0.2, -0.15) is 0 Å². The largest absolute Gasteiger partial charge is 0.480 e. The van der Waals surface area contributed by atoms with Crippen LogP contribution < -0.4 is 5.32 Å². The van der Waals surface area contributed by atoms with Gasteiger partial charge in [0.1, 0.15) is 6.04 Å². The number of piperidine rings is 1. The maximum absolute atomic E-state index is 12.3. The maximum Gasteiger partial charge on any atom is 0.326 e. The summed E-state index contributed by atoms with van der Waals surface area (Å²) in [4.78, 5) is 25.0. The molecule has 20 heavy (non-hydrogen) atoms. The zero-order valence-electron chi connectivity index (χ0n) is 11.9. The highest BCUT2D eigenvalue weighted by molar-refractivity contribution is 5.82. The van der Waals surface area contributed by atoms with Gasteiger partial charge in [-0.15, -0.1) is 0 Å². The van der Waals surface area contributed by atoms with Gasteiger partial charge < -0.3 is 15.3 Å². The number of nitrogens with zero attached hydrogens (tertiary/aromatic N) is 1. The standard InChI is InChI=1S/C15H24N2O3/c18-14(19)13-3-1-2-8-17(13)15(20)16-9-12(10-4-5-10)11-6-7-11/h10-13H,1-9H2,(H,16,20)(H,18,19). The van der Waals surface area contributed by atoms with Gasteiger partial charge in [0.15, 0.2) is 0 Å². The molecule has 112 valence electrons. The Bertz CT molecular complexity index is 379. The van der Waals surface area contributed by atoms with Crippen LogP contribution in [0.4, 0.5) is 4.79 Å². The van der Waals surface area contributed by atoms with Gasteiger partial charge >= 0.3 is 12.0 Å². The molecule has 0 aromatic rings. The van der Waals surface area contributed by atoms with E-state index in [-0.39, 0.29) is 6.03 Å². The van der Waals surface area contributed by atoms with Crippen LogP contribution in [0.2, 0.25) is 0 Å². The van der Waals surface area contributed by atoms with E-state index in [0.29, 0.717) is 18.9 Å². The number of carboxylic acid groups (broad SMARTS) is 1. The first-order valence-electron chi connectivity index (χ1n) is 7.94. The SMILES string of the molecule is O=C(O)C1CCCCN1C(=O)NCC(C1CC1)C1CC1. The summed E-state index contributed by atoms with van der Waals surface area (Å²) in [5.41, 5.74) is 0. The van der Waals surface area contributed by atoms with E-state index >= 15 is 0 Å². The number of nitrogens with one attached hydrogen (secondary N) is 1. The summed E-state index contributed by atoms with van der Waals surface area (Å²) in [6.45, 7) is 1.30. The predicted molar refractivity (Wildman–Crippen MR) is 74.3 cm³/mol. The first-order valence-corrected chi connectivity index (χ1v) is 7.94. The van der Waals surface area contributed by atoms with Crippen LogP contribution in [0, 0.1) is 17.8 Å². The third kappa shape index (κ3) is 3.07. The van der Waals surface area contributed by atoms with Crippen LogP contribution in [-0.4, -0.2) is 41.1 Å². The number of carbonyl (C=O) groups excluding carboxylic acids is 1. The Morgan fingerprint density at radius 1 is 1.10 bits per heavy atom. The van der Waals surface area contributed by atoms with Crippen LogP contribution in [0.3, 0.4) is 0 Å². The van der Waals surface area contributed by atoms with Crippen molar-refractivity contribution in [2.45, 2.75) is 51.0 Å². The molecule has 0 aromatic heterocycles. The topological polar surface area (TPSA) is 69.6 Å². The second-order valence-electron chi connectivity index (χ2n) is 6.57. The van der Waals surface area contributed by atoms with Crippen LogP contribution in [-0.2, 0) is 4.79 Å². The summed E-state index contributed by atoms with van der Waals surface area (Å²) in [7, 11) is 0. The molecule has 0 spiro atoms. The zero-order chi connectivity index (χ0) is 14.1. The molecule has 5 heteroatoms. The minimum absolute atomic E-state index is 0.177. The van der Waals surface area contributed by atoms with E-state index in [1.165, 1.54) is 30.6 Å². The Labute approximate surface area is 119 Å². The molecule has 1 aliphatic heterocycles. The van der Waals surface area contributed by atoms with E-state index in [1.807, 2.05) is 0 Å². The van der Waals surface area contributed by atoms with Gasteiger partial charge in [0.05, 0.1) is 0 Å². The second kappa shape index (κ2) is 5.62. The van der Waals surface area contributed by atoms with Crippen LogP contribution in [0.1, 0.15) is 44.9 Å². The number of likely N-dealkylation sites (tertiary alicyclic amines) is 1. The van der Waals surface area contributed by atoms with Crippen molar-refractivity contribution in [2.75, 3.05) is 13.1 Å². The third-order valence-electron chi connectivity index (χ3n) is 4.99. The molecule has 3 rings (SSSR count). The molecule has 2 saturated carbocycles. The number of hydrogen-bond donors (Lipinski definition) is 2. The Balaban J connectivity index is 1.53. The van der Waals surface area contributed by atoms with E-state index in [2.05, 4.69) is 5.32 Å². The molecule has 1 saturated heterocycles. The monoisotopic (exact) mass is 280 g/mol. The third-order valence-corrected chi connectivity index (χ3v) is 4.99. The van der Waals surface area contributed by atoms with Crippen molar-refractivity contribution < 1.29 is 14.7 Å². The summed E-state index contributed by atoms with van der Waals surface area (Å²) >= 11 is 0. The molecular formula is C15H24N2O3. The zero-order valence-corrected chi connectivity index (χ0v) is 11.9. The summed E-state index contributed by atoms with van der Waals surface area (Å²) in [6.07, 6.45) is 7.60. The molecule has 0 bridgehead atoms. The smallest absolute Gasteiger partial charge is 0.326 e. The van der Waals surface area contributed by atoms with E-state index in [4.69, 9.17) is 0 Å². The quantitative estimate of drug-likeness (QED) is 0.810. The molecule has 1 unspecified atom stereocenters. The van der Waals surface area contributed by atoms with Crippen LogP contribution in [0.25, 0.3) is 0 Å². The van der Waals surface area contributed by atoms with Crippen LogP contribution >= 0.6 is 0 Å². The fraction of sp³-hybridized carbons (Fsp3) is 0.867. The predicted octanol–water partition coefficient (Wildman–Crippen LogP) is 2.07. The van der Waals surface area contributed by atoms with Crippen LogP contribution in [0.15, 0.2) is 0 Å². The van der Waals surface area contributed by atoms with Crippen molar-refractivity contribution in [1.29, 1.82) is 0 Å². The first kappa shape index (κ1) is 13.7. The van der Waals surface area contributed by atoms with Crippen molar-refractivity contribution in [1.82, 2.24) is 10.2 Å². The Kier molecular flexibility index (Phi) is 3.85. The molecular weight excluding hydrogens is 256 g/mol. The van der Waals surface area contributed by atoms with Gasteiger partial charge in [0, 0.05) is 13.1 Å². The van der Waals surface area contributed by atoms with Gasteiger partial charge in [-0.3, -0.25) is 0 Å². The van der Waals surface area contributed by atoms with E-state index in [9.17, 15) is 14.7 Å². The lowest BCUT2D eigenvalue weighted by atomic mass is 9.98. The molecule has 3 aliphatic rings. The summed E-state index contributed by atoms with van der Waals surface area (Å²) in [5.74, 6) is 1.37. The Hall–Kier alpha value is -1.26. The summed E-state index contributed by atoms with van der Waals surface area (Å²) in [6, 6.07) is -0.813. The van der Waals surface area contributed by atoms with Gasteiger partial charge in [-0.1, -0.05) is 0 Å². The molecule has 5 nitrogen and oxygen atoms in total. The molecule has 0 aromatic carbocycles. The fourth-order valence-electron chi connectivity index (χ4n) is 3.51. The Morgan fingerprint density at radius 2 is 1.75 bits per heavy atom. The van der Waals surface area contributed by atoms with Crippen LogP contribution in [0.5, 0.6) is 0 Å². The van der Waals surface area contributed by atoms with Crippen molar-refractivity contribution >= 4 is 12.0 Å². The van der Waals surface area contributed by atoms with Gasteiger partial charge in [0.2, 0.25) is 0 Å². The van der Waals surface area contributed by atoms with Crippen molar-refractivity contribution in [2.24, 2.45) is 17.8 Å². The molecule has 1 heterocycles. The minimum Gasteiger partial charge on any atom is -0.480 e. The van der Waals surface area contributed by atoms with E-state index in [1.54, 1.807) is 0 Å². The van der Waals surface area contributed by atoms with Crippen molar-refractivity contribution in [3.8, 4) is 0 Å². The van der Waals surface area contributed by atoms with Crippen molar-refractivity contribution in [3.63, 3.8) is 0 Å². The number of carboxylic acids is 1. The van der Waals surface area contributed by atoms with Gasteiger partial charge in [0.25, 0.3) is 0 Å². The number of carbonyl (C=O) groups is 2. The molecule has 2 aliphatic carbocycles. The lowest BCUT2D eigenvalue weighted by Gasteiger charge is -2.33. The highest BCUT2D eigenvalue weighted by Crippen LogP contribution is 2.48. The molecule has 1 atom stereocenters.